The number of sulfone groups is 2. The number of hydrogen-bond acceptors (Lipinski definition) is 6. The van der Waals surface area contributed by atoms with E-state index >= 15 is 0 Å². The summed E-state index contributed by atoms with van der Waals surface area (Å²) in [6, 6.07) is 0. The Hall–Kier alpha value is -1.16. The van der Waals surface area contributed by atoms with Gasteiger partial charge < -0.3 is 10.2 Å². The maximum Gasteiger partial charge on any atom is 0.341 e. The van der Waals surface area contributed by atoms with Crippen LogP contribution in [0.5, 0.6) is 0 Å². The number of aliphatic carboxylic acids is 2. The largest absolute Gasteiger partial charge is 0.481 e. The van der Waals surface area contributed by atoms with Crippen LogP contribution in [0.15, 0.2) is 0 Å². The molecule has 2 N–H and O–H groups in total. The van der Waals surface area contributed by atoms with E-state index in [0.717, 1.165) is 25.7 Å². The van der Waals surface area contributed by atoms with Gasteiger partial charge >= 0.3 is 11.9 Å². The zero-order valence-corrected chi connectivity index (χ0v) is 17.1. The summed E-state index contributed by atoms with van der Waals surface area (Å²) in [7, 11) is -9.45. The Morgan fingerprint density at radius 1 is 0.731 bits per heavy atom. The first-order valence-corrected chi connectivity index (χ1v) is 12.2. The van der Waals surface area contributed by atoms with E-state index in [1.807, 2.05) is 13.8 Å². The van der Waals surface area contributed by atoms with E-state index in [-0.39, 0.29) is 12.8 Å². The number of carboxylic acids is 2. The molecule has 0 saturated carbocycles. The minimum atomic E-state index is -4.73. The fourth-order valence-corrected chi connectivity index (χ4v) is 7.82. The predicted octanol–water partition coefficient (Wildman–Crippen LogP) is 2.23. The predicted molar refractivity (Wildman–Crippen MR) is 98.5 cm³/mol. The molecule has 0 aliphatic carbocycles. The summed E-state index contributed by atoms with van der Waals surface area (Å²) >= 11 is 0. The lowest BCUT2D eigenvalue weighted by Gasteiger charge is -2.27. The van der Waals surface area contributed by atoms with Gasteiger partial charge in [-0.25, -0.2) is 21.6 Å². The van der Waals surface area contributed by atoms with Gasteiger partial charge in [0.15, 0.2) is 19.7 Å². The summed E-state index contributed by atoms with van der Waals surface area (Å²) in [5, 5.41) is 18.6. The van der Waals surface area contributed by atoms with Crippen LogP contribution < -0.4 is 0 Å². The van der Waals surface area contributed by atoms with Crippen LogP contribution in [-0.2, 0) is 29.3 Å². The first-order chi connectivity index (χ1) is 12.0. The lowest BCUT2D eigenvalue weighted by atomic mass is 10.2. The van der Waals surface area contributed by atoms with Crippen molar-refractivity contribution in [2.24, 2.45) is 0 Å². The summed E-state index contributed by atoms with van der Waals surface area (Å²) in [5.74, 6) is -5.24. The van der Waals surface area contributed by atoms with E-state index in [0.29, 0.717) is 12.8 Å². The second kappa shape index (κ2) is 10.9. The van der Waals surface area contributed by atoms with Crippen LogP contribution in [0.3, 0.4) is 0 Å². The number of carbonyl (C=O) groups is 2. The smallest absolute Gasteiger partial charge is 0.341 e. The topological polar surface area (TPSA) is 143 Å². The molecule has 26 heavy (non-hydrogen) atoms. The van der Waals surface area contributed by atoms with E-state index in [1.165, 1.54) is 0 Å². The Labute approximate surface area is 155 Å². The summed E-state index contributed by atoms with van der Waals surface area (Å²) < 4.78 is 47.5. The minimum Gasteiger partial charge on any atom is -0.481 e. The van der Waals surface area contributed by atoms with Gasteiger partial charge in [0.2, 0.25) is 0 Å². The fraction of sp³-hybridized carbons (Fsp3) is 0.875. The maximum atomic E-state index is 12.7. The Bertz CT molecular complexity index is 622. The van der Waals surface area contributed by atoms with E-state index < -0.39 is 53.6 Å². The zero-order valence-electron chi connectivity index (χ0n) is 15.4. The van der Waals surface area contributed by atoms with Crippen LogP contribution in [-0.4, -0.2) is 54.6 Å². The number of rotatable bonds is 15. The number of unbranched alkanes of at least 4 members (excludes halogenated alkanes) is 6. The average molecular weight is 415 g/mol. The molecule has 0 rings (SSSR count). The summed E-state index contributed by atoms with van der Waals surface area (Å²) in [6.07, 6.45) is 2.76. The molecule has 0 amide bonds. The van der Waals surface area contributed by atoms with Crippen molar-refractivity contribution in [1.29, 1.82) is 0 Å². The maximum absolute atomic E-state index is 12.7. The molecule has 0 aromatic heterocycles. The van der Waals surface area contributed by atoms with Gasteiger partial charge in [0.1, 0.15) is 0 Å². The molecule has 0 aromatic rings. The van der Waals surface area contributed by atoms with E-state index in [2.05, 4.69) is 0 Å². The SMILES string of the molecule is CCCCCCS(=O)(=O)C(CC(=O)O)(C(=O)O)S(=O)(=O)CCCCCC. The van der Waals surface area contributed by atoms with Gasteiger partial charge in [0, 0.05) is 0 Å². The van der Waals surface area contributed by atoms with Gasteiger partial charge in [-0.1, -0.05) is 52.4 Å². The molecule has 0 bridgehead atoms. The molecule has 8 nitrogen and oxygen atoms in total. The molecule has 0 aromatic carbocycles. The van der Waals surface area contributed by atoms with Gasteiger partial charge in [0.05, 0.1) is 17.9 Å². The molecular formula is C16H30O8S2. The first-order valence-electron chi connectivity index (χ1n) is 8.88. The minimum absolute atomic E-state index is 0.0934. The second-order valence-electron chi connectivity index (χ2n) is 6.39. The highest BCUT2D eigenvalue weighted by molar-refractivity contribution is 8.11. The molecule has 0 unspecified atom stereocenters. The van der Waals surface area contributed by atoms with Crippen molar-refractivity contribution in [1.82, 2.24) is 0 Å². The van der Waals surface area contributed by atoms with Crippen LogP contribution in [0.2, 0.25) is 0 Å². The van der Waals surface area contributed by atoms with Crippen LogP contribution >= 0.6 is 0 Å². The number of carboxylic acid groups (broad SMARTS) is 2. The van der Waals surface area contributed by atoms with Crippen molar-refractivity contribution < 1.29 is 36.6 Å². The second-order valence-corrected chi connectivity index (χ2v) is 11.3. The summed E-state index contributed by atoms with van der Waals surface area (Å²) in [5.41, 5.74) is 0. The average Bonchev–Trinajstić information content (AvgIpc) is 2.52. The molecule has 0 heterocycles. The van der Waals surface area contributed by atoms with Crippen molar-refractivity contribution >= 4 is 31.6 Å². The fourth-order valence-electron chi connectivity index (χ4n) is 2.72. The highest BCUT2D eigenvalue weighted by Gasteiger charge is 2.62. The van der Waals surface area contributed by atoms with Gasteiger partial charge in [-0.15, -0.1) is 0 Å². The normalized spacial score (nSPS) is 12.8. The third kappa shape index (κ3) is 6.22. The number of hydrogen-bond donors (Lipinski definition) is 2. The van der Waals surface area contributed by atoms with Crippen LogP contribution in [0.25, 0.3) is 0 Å². The van der Waals surface area contributed by atoms with Gasteiger partial charge in [-0.05, 0) is 12.8 Å². The van der Waals surface area contributed by atoms with Crippen molar-refractivity contribution in [2.75, 3.05) is 11.5 Å². The van der Waals surface area contributed by atoms with Crippen molar-refractivity contribution in [3.63, 3.8) is 0 Å². The third-order valence-electron chi connectivity index (χ3n) is 4.25. The first kappa shape index (κ1) is 24.8. The van der Waals surface area contributed by atoms with Crippen LogP contribution in [0, 0.1) is 0 Å². The van der Waals surface area contributed by atoms with Gasteiger partial charge in [-0.3, -0.25) is 4.79 Å². The highest BCUT2D eigenvalue weighted by atomic mass is 32.3. The van der Waals surface area contributed by atoms with Crippen LogP contribution in [0.1, 0.15) is 71.6 Å². The molecule has 0 fully saturated rings. The van der Waals surface area contributed by atoms with E-state index in [9.17, 15) is 31.5 Å². The Balaban J connectivity index is 5.88. The van der Waals surface area contributed by atoms with E-state index in [4.69, 9.17) is 5.11 Å². The van der Waals surface area contributed by atoms with Gasteiger partial charge in [-0.2, -0.15) is 0 Å². The van der Waals surface area contributed by atoms with Crippen molar-refractivity contribution in [3.8, 4) is 0 Å². The van der Waals surface area contributed by atoms with Crippen LogP contribution in [0.4, 0.5) is 0 Å². The molecule has 0 aliphatic rings. The van der Waals surface area contributed by atoms with E-state index in [1.54, 1.807) is 0 Å². The Morgan fingerprint density at radius 2 is 1.12 bits per heavy atom. The lowest BCUT2D eigenvalue weighted by Crippen LogP contribution is -2.56. The lowest BCUT2D eigenvalue weighted by molar-refractivity contribution is -0.144. The Morgan fingerprint density at radius 3 is 1.38 bits per heavy atom. The monoisotopic (exact) mass is 414 g/mol. The standard InChI is InChI=1S/C16H30O8S2/c1-3-5-7-9-11-25(21,22)16(15(19)20,13-14(17)18)26(23,24)12-10-8-6-4-2/h3-13H2,1-2H3,(H,17,18)(H,19,20). The molecule has 0 radical (unpaired) electrons. The molecule has 0 aliphatic heterocycles. The quantitative estimate of drug-likeness (QED) is 0.388. The summed E-state index contributed by atoms with van der Waals surface area (Å²) in [4.78, 5) is 23.0. The molecule has 10 heteroatoms. The van der Waals surface area contributed by atoms with Crippen molar-refractivity contribution in [3.05, 3.63) is 0 Å². The highest BCUT2D eigenvalue weighted by Crippen LogP contribution is 2.33. The molecular weight excluding hydrogens is 384 g/mol. The molecule has 0 saturated heterocycles. The third-order valence-corrected chi connectivity index (χ3v) is 10.1. The molecule has 0 spiro atoms. The Kier molecular flexibility index (Phi) is 10.4. The van der Waals surface area contributed by atoms with Gasteiger partial charge in [0.25, 0.3) is 4.08 Å². The summed E-state index contributed by atoms with van der Waals surface area (Å²) in [6.45, 7) is 3.81. The zero-order chi connectivity index (χ0) is 20.4. The van der Waals surface area contributed by atoms with Crippen molar-refractivity contribution in [2.45, 2.75) is 75.7 Å². The molecule has 0 atom stereocenters. The molecule has 154 valence electrons.